The van der Waals surface area contributed by atoms with E-state index in [0.29, 0.717) is 29.0 Å². The molecule has 0 bridgehead atoms. The van der Waals surface area contributed by atoms with E-state index in [1.807, 2.05) is 56.3 Å². The highest BCUT2D eigenvalue weighted by Gasteiger charge is 2.40. The summed E-state index contributed by atoms with van der Waals surface area (Å²) in [6.07, 6.45) is 0.727. The predicted molar refractivity (Wildman–Crippen MR) is 128 cm³/mol. The Labute approximate surface area is 192 Å². The van der Waals surface area contributed by atoms with Crippen LogP contribution < -0.4 is 10.2 Å². The topological polar surface area (TPSA) is 75.7 Å². The highest BCUT2D eigenvalue weighted by Crippen LogP contribution is 2.34. The lowest BCUT2D eigenvalue weighted by Gasteiger charge is -2.16. The fraction of sp³-hybridized carbons (Fsp3) is 0.148. The van der Waals surface area contributed by atoms with Crippen LogP contribution in [0.4, 0.5) is 11.4 Å². The van der Waals surface area contributed by atoms with E-state index in [1.54, 1.807) is 36.4 Å². The minimum Gasteiger partial charge on any atom is -0.462 e. The zero-order valence-electron chi connectivity index (χ0n) is 18.5. The first-order valence-corrected chi connectivity index (χ1v) is 10.8. The summed E-state index contributed by atoms with van der Waals surface area (Å²) in [6, 6.07) is 23.0. The number of nitrogens with zero attached hydrogens (tertiary/aromatic N) is 1. The normalized spacial score (nSPS) is 13.5. The number of ether oxygens (including phenoxy) is 1. The second-order valence-electron chi connectivity index (χ2n) is 7.68. The maximum absolute atomic E-state index is 13.5. The van der Waals surface area contributed by atoms with Gasteiger partial charge in [0, 0.05) is 5.69 Å². The molecule has 1 aliphatic heterocycles. The monoisotopic (exact) mass is 440 g/mol. The third-order valence-corrected chi connectivity index (χ3v) is 5.35. The molecule has 3 aromatic rings. The van der Waals surface area contributed by atoms with E-state index in [9.17, 15) is 14.4 Å². The molecule has 166 valence electrons. The number of hydrogen-bond acceptors (Lipinski definition) is 5. The molecule has 1 aliphatic rings. The fourth-order valence-corrected chi connectivity index (χ4v) is 3.63. The van der Waals surface area contributed by atoms with Crippen LogP contribution in [-0.4, -0.2) is 24.4 Å². The lowest BCUT2D eigenvalue weighted by Crippen LogP contribution is -2.32. The van der Waals surface area contributed by atoms with E-state index < -0.39 is 17.8 Å². The van der Waals surface area contributed by atoms with E-state index in [2.05, 4.69) is 5.32 Å². The molecule has 0 atom stereocenters. The molecule has 2 amide bonds. The number of anilines is 2. The summed E-state index contributed by atoms with van der Waals surface area (Å²) in [5.74, 6) is -1.32. The van der Waals surface area contributed by atoms with Crippen molar-refractivity contribution < 1.29 is 19.1 Å². The number of carbonyl (C=O) groups is 3. The van der Waals surface area contributed by atoms with E-state index >= 15 is 0 Å². The second-order valence-corrected chi connectivity index (χ2v) is 7.68. The van der Waals surface area contributed by atoms with E-state index in [4.69, 9.17) is 4.74 Å². The molecule has 6 heteroatoms. The standard InChI is InChI=1S/C27H24N2O4/c1-3-17-33-27(32)20-13-15-21(16-14-20)29-25(30)23(19-10-5-4-6-11-19)24(26(29)31)28-22-12-8-7-9-18(22)2/h4-16,28H,3,17H2,1-2H3. The van der Waals surface area contributed by atoms with Gasteiger partial charge in [-0.05, 0) is 54.8 Å². The Morgan fingerprint density at radius 2 is 1.55 bits per heavy atom. The smallest absolute Gasteiger partial charge is 0.338 e. The number of amides is 2. The number of hydrogen-bond donors (Lipinski definition) is 1. The van der Waals surface area contributed by atoms with Gasteiger partial charge in [0.05, 0.1) is 23.4 Å². The Morgan fingerprint density at radius 3 is 2.21 bits per heavy atom. The SMILES string of the molecule is CCCOC(=O)c1ccc(N2C(=O)C(Nc3ccccc3C)=C(c3ccccc3)C2=O)cc1. The zero-order valence-corrected chi connectivity index (χ0v) is 18.5. The molecule has 0 unspecified atom stereocenters. The zero-order chi connectivity index (χ0) is 23.4. The molecule has 0 aromatic heterocycles. The maximum atomic E-state index is 13.5. The van der Waals surface area contributed by atoms with Gasteiger partial charge in [-0.15, -0.1) is 0 Å². The number of nitrogens with one attached hydrogen (secondary N) is 1. The lowest BCUT2D eigenvalue weighted by atomic mass is 10.0. The highest BCUT2D eigenvalue weighted by atomic mass is 16.5. The predicted octanol–water partition coefficient (Wildman–Crippen LogP) is 4.96. The van der Waals surface area contributed by atoms with Crippen LogP contribution in [0.5, 0.6) is 0 Å². The second kappa shape index (κ2) is 9.53. The van der Waals surface area contributed by atoms with Gasteiger partial charge in [0.2, 0.25) is 0 Å². The van der Waals surface area contributed by atoms with Crippen molar-refractivity contribution >= 4 is 34.7 Å². The summed E-state index contributed by atoms with van der Waals surface area (Å²) in [7, 11) is 0. The first kappa shape index (κ1) is 22.0. The van der Waals surface area contributed by atoms with Crippen molar-refractivity contribution in [2.24, 2.45) is 0 Å². The van der Waals surface area contributed by atoms with Gasteiger partial charge in [-0.3, -0.25) is 9.59 Å². The quantitative estimate of drug-likeness (QED) is 0.415. The Morgan fingerprint density at radius 1 is 0.879 bits per heavy atom. The van der Waals surface area contributed by atoms with Gasteiger partial charge < -0.3 is 10.1 Å². The van der Waals surface area contributed by atoms with Gasteiger partial charge in [-0.25, -0.2) is 9.69 Å². The summed E-state index contributed by atoms with van der Waals surface area (Å²) < 4.78 is 5.15. The molecular weight excluding hydrogens is 416 g/mol. The van der Waals surface area contributed by atoms with Crippen molar-refractivity contribution in [1.29, 1.82) is 0 Å². The molecule has 3 aromatic carbocycles. The molecule has 0 aliphatic carbocycles. The van der Waals surface area contributed by atoms with Crippen LogP contribution in [0, 0.1) is 6.92 Å². The molecule has 0 spiro atoms. The van der Waals surface area contributed by atoms with Crippen molar-refractivity contribution in [3.8, 4) is 0 Å². The Balaban J connectivity index is 1.70. The number of aryl methyl sites for hydroxylation is 1. The first-order valence-electron chi connectivity index (χ1n) is 10.8. The van der Waals surface area contributed by atoms with Gasteiger partial charge >= 0.3 is 5.97 Å². The van der Waals surface area contributed by atoms with Crippen molar-refractivity contribution in [2.45, 2.75) is 20.3 Å². The number of rotatable bonds is 7. The van der Waals surface area contributed by atoms with Crippen LogP contribution in [0.25, 0.3) is 5.57 Å². The van der Waals surface area contributed by atoms with Gasteiger partial charge in [-0.2, -0.15) is 0 Å². The van der Waals surface area contributed by atoms with Crippen molar-refractivity contribution in [3.05, 3.63) is 101 Å². The van der Waals surface area contributed by atoms with Crippen molar-refractivity contribution in [3.63, 3.8) is 0 Å². The average Bonchev–Trinajstić information content (AvgIpc) is 3.08. The molecular formula is C27H24N2O4. The van der Waals surface area contributed by atoms with Crippen LogP contribution in [0.2, 0.25) is 0 Å². The van der Waals surface area contributed by atoms with Crippen LogP contribution in [0.3, 0.4) is 0 Å². The number of para-hydroxylation sites is 1. The Bertz CT molecular complexity index is 1230. The van der Waals surface area contributed by atoms with Crippen LogP contribution in [-0.2, 0) is 14.3 Å². The van der Waals surface area contributed by atoms with Crippen LogP contribution in [0.15, 0.2) is 84.6 Å². The molecule has 0 fully saturated rings. The number of imide groups is 1. The number of carbonyl (C=O) groups excluding carboxylic acids is 3. The summed E-state index contributed by atoms with van der Waals surface area (Å²) in [5, 5.41) is 3.18. The molecule has 33 heavy (non-hydrogen) atoms. The summed E-state index contributed by atoms with van der Waals surface area (Å²) in [5.41, 5.74) is 3.60. The molecule has 4 rings (SSSR count). The summed E-state index contributed by atoms with van der Waals surface area (Å²) in [6.45, 7) is 4.18. The van der Waals surface area contributed by atoms with E-state index in [1.165, 1.54) is 0 Å². The van der Waals surface area contributed by atoms with Crippen molar-refractivity contribution in [2.75, 3.05) is 16.8 Å². The number of esters is 1. The minimum absolute atomic E-state index is 0.215. The van der Waals surface area contributed by atoms with Crippen LogP contribution >= 0.6 is 0 Å². The maximum Gasteiger partial charge on any atom is 0.338 e. The Kier molecular flexibility index (Phi) is 6.36. The molecule has 6 nitrogen and oxygen atoms in total. The molecule has 1 N–H and O–H groups in total. The van der Waals surface area contributed by atoms with Crippen molar-refractivity contribution in [1.82, 2.24) is 0 Å². The van der Waals surface area contributed by atoms with Gasteiger partial charge in [0.15, 0.2) is 0 Å². The third-order valence-electron chi connectivity index (χ3n) is 5.35. The fourth-order valence-electron chi connectivity index (χ4n) is 3.63. The summed E-state index contributed by atoms with van der Waals surface area (Å²) >= 11 is 0. The first-order chi connectivity index (χ1) is 16.0. The molecule has 0 saturated heterocycles. The Hall–Kier alpha value is -4.19. The third kappa shape index (κ3) is 4.41. The highest BCUT2D eigenvalue weighted by molar-refractivity contribution is 6.46. The average molecular weight is 440 g/mol. The molecule has 1 heterocycles. The van der Waals surface area contributed by atoms with Gasteiger partial charge in [0.25, 0.3) is 11.8 Å². The van der Waals surface area contributed by atoms with E-state index in [-0.39, 0.29) is 5.70 Å². The molecule has 0 radical (unpaired) electrons. The molecule has 0 saturated carbocycles. The van der Waals surface area contributed by atoms with E-state index in [0.717, 1.165) is 22.6 Å². The van der Waals surface area contributed by atoms with Gasteiger partial charge in [0.1, 0.15) is 5.70 Å². The minimum atomic E-state index is -0.455. The lowest BCUT2D eigenvalue weighted by molar-refractivity contribution is -0.120. The van der Waals surface area contributed by atoms with Gasteiger partial charge in [-0.1, -0.05) is 55.5 Å². The largest absolute Gasteiger partial charge is 0.462 e. The number of benzene rings is 3. The summed E-state index contributed by atoms with van der Waals surface area (Å²) in [4.78, 5) is 40.2. The van der Waals surface area contributed by atoms with Crippen LogP contribution in [0.1, 0.15) is 34.8 Å².